The van der Waals surface area contributed by atoms with Gasteiger partial charge in [-0.05, 0) is 42.8 Å². The molecule has 0 radical (unpaired) electrons. The number of amides is 3. The first kappa shape index (κ1) is 22.2. The summed E-state index contributed by atoms with van der Waals surface area (Å²) in [4.78, 5) is 33.5. The Morgan fingerprint density at radius 1 is 1.29 bits per heavy atom. The van der Waals surface area contributed by atoms with Gasteiger partial charge in [0.05, 0.1) is 7.11 Å². The van der Waals surface area contributed by atoms with E-state index < -0.39 is 17.4 Å². The van der Waals surface area contributed by atoms with Crippen LogP contribution in [0, 0.1) is 5.82 Å². The molecule has 1 saturated heterocycles. The predicted molar refractivity (Wildman–Crippen MR) is 124 cm³/mol. The Bertz CT molecular complexity index is 1310. The number of benzene rings is 2. The summed E-state index contributed by atoms with van der Waals surface area (Å²) >= 11 is 0. The Hall–Kier alpha value is -3.59. The monoisotopic (exact) mass is 466 g/mol. The van der Waals surface area contributed by atoms with Crippen molar-refractivity contribution in [2.45, 2.75) is 31.8 Å². The van der Waals surface area contributed by atoms with Crippen LogP contribution in [0.3, 0.4) is 0 Å². The maximum Gasteiger partial charge on any atom is 0.328 e. The number of aromatic hydroxyl groups is 1. The quantitative estimate of drug-likeness (QED) is 0.383. The average Bonchev–Trinajstić information content (AvgIpc) is 3.24. The lowest BCUT2D eigenvalue weighted by molar-refractivity contribution is -0.133. The third kappa shape index (κ3) is 3.14. The molecule has 0 aliphatic carbocycles. The maximum atomic E-state index is 14.5. The molecule has 3 aromatic rings. The highest BCUT2D eigenvalue weighted by atomic mass is 19.1. The van der Waals surface area contributed by atoms with Crippen LogP contribution in [-0.2, 0) is 11.2 Å². The number of ether oxygens (including phenoxy) is 1. The van der Waals surface area contributed by atoms with Crippen molar-refractivity contribution in [3.05, 3.63) is 59.0 Å². The summed E-state index contributed by atoms with van der Waals surface area (Å²) in [7, 11) is 1.41. The van der Waals surface area contributed by atoms with Gasteiger partial charge in [0.15, 0.2) is 11.6 Å². The number of methoxy groups -OCH3 is 1. The molecule has 2 aliphatic rings. The van der Waals surface area contributed by atoms with Crippen LogP contribution >= 0.6 is 0 Å². The van der Waals surface area contributed by atoms with E-state index in [9.17, 15) is 19.1 Å². The number of aromatic nitrogens is 1. The summed E-state index contributed by atoms with van der Waals surface area (Å²) in [5.74, 6) is -0.611. The Morgan fingerprint density at radius 2 is 2.09 bits per heavy atom. The van der Waals surface area contributed by atoms with E-state index in [1.165, 1.54) is 18.1 Å². The lowest BCUT2D eigenvalue weighted by atomic mass is 9.81. The molecule has 8 nitrogen and oxygen atoms in total. The summed E-state index contributed by atoms with van der Waals surface area (Å²) in [6.45, 7) is 5.24. The minimum atomic E-state index is -1.14. The summed E-state index contributed by atoms with van der Waals surface area (Å²) in [5, 5.41) is 14.1. The zero-order valence-electron chi connectivity index (χ0n) is 19.3. The third-order valence-corrected chi connectivity index (χ3v) is 6.89. The number of aromatic amines is 1. The van der Waals surface area contributed by atoms with E-state index in [2.05, 4.69) is 10.3 Å². The van der Waals surface area contributed by atoms with Crippen molar-refractivity contribution in [1.82, 2.24) is 20.1 Å². The number of rotatable bonds is 6. The molecule has 3 N–H and O–H groups in total. The molecule has 0 spiro atoms. The molecule has 34 heavy (non-hydrogen) atoms. The number of phenolic OH excluding ortho intramolecular Hbond substituents is 1. The topological polar surface area (TPSA) is 97.9 Å². The normalized spacial score (nSPS) is 21.8. The number of nitrogens with one attached hydrogen (secondary N) is 2. The first-order chi connectivity index (χ1) is 16.3. The molecule has 2 aromatic carbocycles. The second kappa shape index (κ2) is 8.02. The van der Waals surface area contributed by atoms with E-state index in [1.54, 1.807) is 36.1 Å². The maximum absolute atomic E-state index is 14.5. The number of H-pyrrole nitrogens is 1. The van der Waals surface area contributed by atoms with Gasteiger partial charge in [-0.1, -0.05) is 19.1 Å². The fraction of sp³-hybridized carbons (Fsp3) is 0.360. The van der Waals surface area contributed by atoms with Crippen LogP contribution in [0.5, 0.6) is 11.5 Å². The number of imide groups is 1. The number of nitrogens with zero attached hydrogens (tertiary/aromatic N) is 2. The van der Waals surface area contributed by atoms with Gasteiger partial charge < -0.3 is 20.1 Å². The number of carbonyl (C=O) groups excluding carboxylic acids is 2. The highest BCUT2D eigenvalue weighted by molar-refractivity contribution is 6.08. The number of hydrogen-bond donors (Lipinski definition) is 3. The first-order valence-electron chi connectivity index (χ1n) is 11.3. The number of phenols is 1. The molecular weight excluding hydrogens is 439 g/mol. The van der Waals surface area contributed by atoms with Gasteiger partial charge in [-0.15, -0.1) is 0 Å². The Balaban J connectivity index is 1.71. The van der Waals surface area contributed by atoms with Gasteiger partial charge in [0.2, 0.25) is 0 Å². The van der Waals surface area contributed by atoms with Gasteiger partial charge in [-0.2, -0.15) is 0 Å². The number of likely N-dealkylation sites (N-methyl/N-ethyl adjacent to an activating group) is 1. The van der Waals surface area contributed by atoms with E-state index >= 15 is 0 Å². The molecule has 2 aliphatic heterocycles. The van der Waals surface area contributed by atoms with Crippen LogP contribution < -0.4 is 10.1 Å². The van der Waals surface area contributed by atoms with E-state index in [4.69, 9.17) is 4.74 Å². The average molecular weight is 467 g/mol. The molecular formula is C25H27FN4O4. The number of carbonyl (C=O) groups is 2. The summed E-state index contributed by atoms with van der Waals surface area (Å²) in [6, 6.07) is 8.60. The van der Waals surface area contributed by atoms with Gasteiger partial charge in [0, 0.05) is 42.2 Å². The first-order valence-corrected chi connectivity index (χ1v) is 11.3. The van der Waals surface area contributed by atoms with Gasteiger partial charge in [-0.3, -0.25) is 14.6 Å². The van der Waals surface area contributed by atoms with Crippen LogP contribution in [0.15, 0.2) is 36.4 Å². The second-order valence-corrected chi connectivity index (χ2v) is 8.96. The number of urea groups is 1. The number of hydrogen-bond acceptors (Lipinski definition) is 5. The molecule has 1 fully saturated rings. The predicted octanol–water partition coefficient (Wildman–Crippen LogP) is 3.30. The molecule has 0 bridgehead atoms. The number of halogens is 1. The minimum Gasteiger partial charge on any atom is -0.508 e. The van der Waals surface area contributed by atoms with Crippen molar-refractivity contribution in [3.8, 4) is 11.5 Å². The molecule has 2 atom stereocenters. The highest BCUT2D eigenvalue weighted by Crippen LogP contribution is 2.49. The summed E-state index contributed by atoms with van der Waals surface area (Å²) in [5.41, 5.74) is 1.60. The second-order valence-electron chi connectivity index (χ2n) is 8.96. The smallest absolute Gasteiger partial charge is 0.328 e. The molecule has 2 unspecified atom stereocenters. The van der Waals surface area contributed by atoms with Crippen LogP contribution in [-0.4, -0.2) is 64.1 Å². The lowest BCUT2D eigenvalue weighted by Gasteiger charge is -2.42. The Kier molecular flexibility index (Phi) is 5.24. The van der Waals surface area contributed by atoms with Crippen molar-refractivity contribution >= 4 is 22.8 Å². The van der Waals surface area contributed by atoms with Crippen LogP contribution in [0.25, 0.3) is 10.9 Å². The largest absolute Gasteiger partial charge is 0.508 e. The Labute approximate surface area is 196 Å². The fourth-order valence-corrected chi connectivity index (χ4v) is 5.28. The fourth-order valence-electron chi connectivity index (χ4n) is 5.28. The van der Waals surface area contributed by atoms with Crippen molar-refractivity contribution in [2.24, 2.45) is 0 Å². The van der Waals surface area contributed by atoms with E-state index in [-0.39, 0.29) is 36.4 Å². The van der Waals surface area contributed by atoms with Crippen LogP contribution in [0.2, 0.25) is 0 Å². The van der Waals surface area contributed by atoms with Crippen molar-refractivity contribution in [3.63, 3.8) is 0 Å². The molecule has 9 heteroatoms. The summed E-state index contributed by atoms with van der Waals surface area (Å²) in [6.07, 6.45) is 0.273. The lowest BCUT2D eigenvalue weighted by Crippen LogP contribution is -2.53. The summed E-state index contributed by atoms with van der Waals surface area (Å²) < 4.78 is 19.7. The standard InChI is InChI=1S/C25H27FN4O4/c1-4-27-8-9-29-23(32)25(2)13-17-16-11-20(34-3)18(26)12-19(16)28-21(17)22(30(25)24(29)33)14-6-5-7-15(31)10-14/h5-7,10-12,22,27-28,31H,4,8-9,13H2,1-3H3. The molecule has 5 rings (SSSR count). The van der Waals surface area contributed by atoms with E-state index in [0.717, 1.165) is 17.5 Å². The van der Waals surface area contributed by atoms with Crippen LogP contribution in [0.1, 0.15) is 36.7 Å². The van der Waals surface area contributed by atoms with Gasteiger partial charge in [0.1, 0.15) is 17.3 Å². The molecule has 178 valence electrons. The zero-order valence-corrected chi connectivity index (χ0v) is 19.3. The van der Waals surface area contributed by atoms with Crippen LogP contribution in [0.4, 0.5) is 9.18 Å². The Morgan fingerprint density at radius 3 is 2.79 bits per heavy atom. The number of fused-ring (bicyclic) bond motifs is 4. The molecule has 3 heterocycles. The van der Waals surface area contributed by atoms with Crippen molar-refractivity contribution < 1.29 is 23.8 Å². The minimum absolute atomic E-state index is 0.0529. The van der Waals surface area contributed by atoms with Crippen molar-refractivity contribution in [1.29, 1.82) is 0 Å². The molecule has 3 amide bonds. The highest BCUT2D eigenvalue weighted by Gasteiger charge is 2.60. The van der Waals surface area contributed by atoms with Gasteiger partial charge in [-0.25, -0.2) is 9.18 Å². The van der Waals surface area contributed by atoms with Gasteiger partial charge in [0.25, 0.3) is 5.91 Å². The molecule has 0 saturated carbocycles. The SMILES string of the molecule is CCNCCN1C(=O)N2C(c3cccc(O)c3)c3[nH]c4cc(F)c(OC)cc4c3CC2(C)C1=O. The third-order valence-electron chi connectivity index (χ3n) is 6.89. The van der Waals surface area contributed by atoms with E-state index in [1.807, 2.05) is 13.0 Å². The zero-order chi connectivity index (χ0) is 24.2. The van der Waals surface area contributed by atoms with Crippen molar-refractivity contribution in [2.75, 3.05) is 26.7 Å². The molecule has 1 aromatic heterocycles. The van der Waals surface area contributed by atoms with Gasteiger partial charge >= 0.3 is 6.03 Å². The van der Waals surface area contributed by atoms with E-state index in [0.29, 0.717) is 23.3 Å².